The molecule has 0 aromatic heterocycles. The van der Waals surface area contributed by atoms with Gasteiger partial charge in [-0.05, 0) is 19.8 Å². The van der Waals surface area contributed by atoms with E-state index in [4.69, 9.17) is 0 Å². The van der Waals surface area contributed by atoms with Gasteiger partial charge in [0.15, 0.2) is 0 Å². The third-order valence-electron chi connectivity index (χ3n) is 2.03. The summed E-state index contributed by atoms with van der Waals surface area (Å²) in [6.45, 7) is 7.37. The van der Waals surface area contributed by atoms with Crippen LogP contribution in [0.1, 0.15) is 40.0 Å². The molecule has 13 heavy (non-hydrogen) atoms. The van der Waals surface area contributed by atoms with Crippen LogP contribution in [-0.2, 0) is 4.79 Å². The summed E-state index contributed by atoms with van der Waals surface area (Å²) in [4.78, 5) is 13.2. The average Bonchev–Trinajstić information content (AvgIpc) is 2.13. The van der Waals surface area contributed by atoms with Gasteiger partial charge in [-0.25, -0.2) is 0 Å². The maximum atomic E-state index is 11.5. The quantitative estimate of drug-likeness (QED) is 0.683. The van der Waals surface area contributed by atoms with Gasteiger partial charge in [-0.2, -0.15) is 0 Å². The maximum Gasteiger partial charge on any atom is 0.251 e. The lowest BCUT2D eigenvalue weighted by molar-refractivity contribution is -0.140. The number of aliphatic hydroxyl groups is 1. The van der Waals surface area contributed by atoms with E-state index in [1.54, 1.807) is 4.90 Å². The van der Waals surface area contributed by atoms with Crippen molar-refractivity contribution >= 4 is 5.91 Å². The molecule has 1 amide bonds. The molecule has 0 unspecified atom stereocenters. The molecule has 0 spiro atoms. The molecule has 0 aliphatic carbocycles. The van der Waals surface area contributed by atoms with Crippen LogP contribution in [-0.4, -0.2) is 35.1 Å². The molecule has 0 radical (unpaired) electrons. The molecule has 0 bridgehead atoms. The van der Waals surface area contributed by atoms with Crippen LogP contribution in [0, 0.1) is 0 Å². The van der Waals surface area contributed by atoms with E-state index < -0.39 is 6.10 Å². The van der Waals surface area contributed by atoms with Crippen molar-refractivity contribution in [1.82, 2.24) is 4.90 Å². The van der Waals surface area contributed by atoms with Crippen molar-refractivity contribution < 1.29 is 9.90 Å². The number of amides is 1. The van der Waals surface area contributed by atoms with Crippen LogP contribution >= 0.6 is 0 Å². The lowest BCUT2D eigenvalue weighted by Gasteiger charge is -2.22. The first-order valence-corrected chi connectivity index (χ1v) is 5.14. The van der Waals surface area contributed by atoms with E-state index in [0.29, 0.717) is 13.0 Å². The Bertz CT molecular complexity index is 148. The first-order valence-electron chi connectivity index (χ1n) is 5.14. The van der Waals surface area contributed by atoms with Gasteiger partial charge >= 0.3 is 0 Å². The van der Waals surface area contributed by atoms with Gasteiger partial charge < -0.3 is 10.0 Å². The fourth-order valence-corrected chi connectivity index (χ4v) is 1.30. The fourth-order valence-electron chi connectivity index (χ4n) is 1.30. The summed E-state index contributed by atoms with van der Waals surface area (Å²) in [6.07, 6.45) is 1.56. The number of rotatable bonds is 6. The van der Waals surface area contributed by atoms with Crippen LogP contribution in [0.2, 0.25) is 0 Å². The number of carbonyl (C=O) groups excluding carboxylic acids is 1. The second-order valence-electron chi connectivity index (χ2n) is 3.22. The van der Waals surface area contributed by atoms with Crippen molar-refractivity contribution in [3.05, 3.63) is 0 Å². The molecular formula is C10H21NO2. The molecule has 3 heteroatoms. The Morgan fingerprint density at radius 2 is 1.92 bits per heavy atom. The van der Waals surface area contributed by atoms with Gasteiger partial charge in [0.05, 0.1) is 0 Å². The van der Waals surface area contributed by atoms with E-state index in [0.717, 1.165) is 19.4 Å². The Morgan fingerprint density at radius 3 is 2.31 bits per heavy atom. The largest absolute Gasteiger partial charge is 0.383 e. The zero-order valence-corrected chi connectivity index (χ0v) is 8.92. The van der Waals surface area contributed by atoms with E-state index in [2.05, 4.69) is 0 Å². The number of nitrogens with zero attached hydrogens (tertiary/aromatic N) is 1. The maximum absolute atomic E-state index is 11.5. The Balaban J connectivity index is 4.02. The lowest BCUT2D eigenvalue weighted by Crippen LogP contribution is -2.39. The van der Waals surface area contributed by atoms with Crippen molar-refractivity contribution in [2.45, 2.75) is 46.1 Å². The van der Waals surface area contributed by atoms with E-state index in [1.165, 1.54) is 0 Å². The molecule has 0 saturated carbocycles. The molecule has 0 aromatic rings. The Kier molecular flexibility index (Phi) is 6.59. The molecule has 0 aromatic carbocycles. The molecule has 0 heterocycles. The lowest BCUT2D eigenvalue weighted by atomic mass is 10.2. The van der Waals surface area contributed by atoms with Crippen LogP contribution < -0.4 is 0 Å². The molecule has 1 N–H and O–H groups in total. The van der Waals surface area contributed by atoms with E-state index in [9.17, 15) is 9.90 Å². The Hall–Kier alpha value is -0.570. The standard InChI is InChI=1S/C10H21NO2/c1-4-7-9(12)10(13)11(6-3)8-5-2/h9,12H,4-8H2,1-3H3/t9-/m0/s1. The van der Waals surface area contributed by atoms with Crippen molar-refractivity contribution in [3.8, 4) is 0 Å². The summed E-state index contributed by atoms with van der Waals surface area (Å²) in [5.41, 5.74) is 0. The van der Waals surface area contributed by atoms with Crippen LogP contribution in [0.3, 0.4) is 0 Å². The van der Waals surface area contributed by atoms with Crippen LogP contribution in [0.5, 0.6) is 0 Å². The van der Waals surface area contributed by atoms with E-state index in [1.807, 2.05) is 20.8 Å². The first-order chi connectivity index (χ1) is 6.17. The summed E-state index contributed by atoms with van der Waals surface area (Å²) in [7, 11) is 0. The van der Waals surface area contributed by atoms with Gasteiger partial charge in [0, 0.05) is 13.1 Å². The summed E-state index contributed by atoms with van der Waals surface area (Å²) in [6, 6.07) is 0. The molecule has 0 fully saturated rings. The predicted molar refractivity (Wildman–Crippen MR) is 53.5 cm³/mol. The SMILES string of the molecule is CCC[C@H](O)C(=O)N(CC)CCC. The van der Waals surface area contributed by atoms with E-state index in [-0.39, 0.29) is 5.91 Å². The summed E-state index contributed by atoms with van der Waals surface area (Å²) >= 11 is 0. The van der Waals surface area contributed by atoms with Gasteiger partial charge in [-0.1, -0.05) is 20.3 Å². The van der Waals surface area contributed by atoms with Gasteiger partial charge in [-0.3, -0.25) is 4.79 Å². The highest BCUT2D eigenvalue weighted by molar-refractivity contribution is 5.80. The van der Waals surface area contributed by atoms with Crippen molar-refractivity contribution in [2.24, 2.45) is 0 Å². The molecule has 0 aliphatic rings. The number of hydrogen-bond acceptors (Lipinski definition) is 2. The second kappa shape index (κ2) is 6.89. The molecule has 78 valence electrons. The van der Waals surface area contributed by atoms with Gasteiger partial charge in [0.1, 0.15) is 6.10 Å². The van der Waals surface area contributed by atoms with Crippen molar-refractivity contribution in [1.29, 1.82) is 0 Å². The molecular weight excluding hydrogens is 166 g/mol. The van der Waals surface area contributed by atoms with Gasteiger partial charge in [0.2, 0.25) is 0 Å². The van der Waals surface area contributed by atoms with E-state index >= 15 is 0 Å². The highest BCUT2D eigenvalue weighted by atomic mass is 16.3. The zero-order chi connectivity index (χ0) is 10.3. The number of carbonyl (C=O) groups is 1. The number of likely N-dealkylation sites (N-methyl/N-ethyl adjacent to an activating group) is 1. The van der Waals surface area contributed by atoms with Crippen molar-refractivity contribution in [2.75, 3.05) is 13.1 Å². The van der Waals surface area contributed by atoms with Crippen LogP contribution in [0.15, 0.2) is 0 Å². The topological polar surface area (TPSA) is 40.5 Å². The second-order valence-corrected chi connectivity index (χ2v) is 3.22. The highest BCUT2D eigenvalue weighted by Gasteiger charge is 2.18. The number of hydrogen-bond donors (Lipinski definition) is 1. The summed E-state index contributed by atoms with van der Waals surface area (Å²) in [5, 5.41) is 9.45. The normalized spacial score (nSPS) is 12.6. The highest BCUT2D eigenvalue weighted by Crippen LogP contribution is 2.02. The summed E-state index contributed by atoms with van der Waals surface area (Å²) < 4.78 is 0. The molecule has 0 aliphatic heterocycles. The van der Waals surface area contributed by atoms with Crippen LogP contribution in [0.4, 0.5) is 0 Å². The number of aliphatic hydroxyl groups excluding tert-OH is 1. The van der Waals surface area contributed by atoms with Gasteiger partial charge in [-0.15, -0.1) is 0 Å². The third kappa shape index (κ3) is 4.27. The monoisotopic (exact) mass is 187 g/mol. The third-order valence-corrected chi connectivity index (χ3v) is 2.03. The Morgan fingerprint density at radius 1 is 1.31 bits per heavy atom. The Labute approximate surface area is 80.7 Å². The zero-order valence-electron chi connectivity index (χ0n) is 8.92. The minimum Gasteiger partial charge on any atom is -0.383 e. The smallest absolute Gasteiger partial charge is 0.251 e. The van der Waals surface area contributed by atoms with Crippen molar-refractivity contribution in [3.63, 3.8) is 0 Å². The van der Waals surface area contributed by atoms with Crippen LogP contribution in [0.25, 0.3) is 0 Å². The minimum atomic E-state index is -0.795. The molecule has 3 nitrogen and oxygen atoms in total. The average molecular weight is 187 g/mol. The molecule has 0 saturated heterocycles. The van der Waals surface area contributed by atoms with Gasteiger partial charge in [0.25, 0.3) is 5.91 Å². The predicted octanol–water partition coefficient (Wildman–Crippen LogP) is 1.41. The molecule has 1 atom stereocenters. The minimum absolute atomic E-state index is 0.119. The first kappa shape index (κ1) is 12.4. The molecule has 0 rings (SSSR count). The summed E-state index contributed by atoms with van der Waals surface area (Å²) in [5.74, 6) is -0.119. The fraction of sp³-hybridized carbons (Fsp3) is 0.900.